The molecule has 0 aromatic rings. The Bertz CT molecular complexity index is 192. The van der Waals surface area contributed by atoms with Crippen LogP contribution in [0.3, 0.4) is 0 Å². The molecule has 1 N–H and O–H groups in total. The van der Waals surface area contributed by atoms with Crippen molar-refractivity contribution in [1.82, 2.24) is 10.2 Å². The third kappa shape index (κ3) is 0.695. The van der Waals surface area contributed by atoms with Crippen LogP contribution in [0.5, 0.6) is 0 Å². The molecule has 4 atom stereocenters. The lowest BCUT2D eigenvalue weighted by Gasteiger charge is -2.49. The summed E-state index contributed by atoms with van der Waals surface area (Å²) in [7, 11) is 0. The summed E-state index contributed by atoms with van der Waals surface area (Å²) in [5.74, 6) is 0.993. The molecule has 4 aliphatic heterocycles. The molecule has 0 aromatic carbocycles. The molecule has 4 fully saturated rings. The van der Waals surface area contributed by atoms with Gasteiger partial charge < -0.3 is 10.2 Å². The molecule has 2 heteroatoms. The predicted octanol–water partition coefficient (Wildman–Crippen LogP) is 0.300. The molecule has 4 rings (SSSR count). The zero-order valence-corrected chi connectivity index (χ0v) is 7.14. The third-order valence-corrected chi connectivity index (χ3v) is 3.94. The maximum atomic E-state index is 3.65. The highest BCUT2D eigenvalue weighted by Crippen LogP contribution is 2.45. The minimum absolute atomic E-state index is 0.626. The molecule has 4 heterocycles. The van der Waals surface area contributed by atoms with Gasteiger partial charge in [0.2, 0.25) is 0 Å². The maximum Gasteiger partial charge on any atom is 0.0230 e. The largest absolute Gasteiger partial charge is 0.312 e. The topological polar surface area (TPSA) is 15.3 Å². The second-order valence-electron chi connectivity index (χ2n) is 4.77. The van der Waals surface area contributed by atoms with E-state index in [2.05, 4.69) is 17.1 Å². The molecule has 0 saturated carbocycles. The molecule has 0 amide bonds. The van der Waals surface area contributed by atoms with Gasteiger partial charge >= 0.3 is 0 Å². The highest BCUT2D eigenvalue weighted by Gasteiger charge is 2.52. The number of nitrogens with one attached hydrogen (secondary N) is 1. The van der Waals surface area contributed by atoms with E-state index in [-0.39, 0.29) is 0 Å². The number of nitrogens with zero attached hydrogens (tertiary/aromatic N) is 1. The maximum absolute atomic E-state index is 3.65. The fourth-order valence-electron chi connectivity index (χ4n) is 3.38. The number of hydrogen-bond donors (Lipinski definition) is 1. The highest BCUT2D eigenvalue weighted by atomic mass is 15.2. The average Bonchev–Trinajstić information content (AvgIpc) is 2.23. The lowest BCUT2D eigenvalue weighted by molar-refractivity contribution is 0.0119. The Kier molecular flexibility index (Phi) is 1.06. The first kappa shape index (κ1) is 6.44. The van der Waals surface area contributed by atoms with Gasteiger partial charge in [0.1, 0.15) is 0 Å². The minimum atomic E-state index is 0.626. The average molecular weight is 152 g/mol. The molecule has 4 bridgehead atoms. The van der Waals surface area contributed by atoms with E-state index < -0.39 is 0 Å². The summed E-state index contributed by atoms with van der Waals surface area (Å²) in [6.45, 7) is 7.74. The van der Waals surface area contributed by atoms with Gasteiger partial charge in [0, 0.05) is 25.7 Å². The van der Waals surface area contributed by atoms with Crippen LogP contribution in [-0.4, -0.2) is 37.1 Å². The Morgan fingerprint density at radius 3 is 3.09 bits per heavy atom. The van der Waals surface area contributed by atoms with E-state index >= 15 is 0 Å². The Hall–Kier alpha value is -0.0800. The van der Waals surface area contributed by atoms with E-state index in [4.69, 9.17) is 0 Å². The van der Waals surface area contributed by atoms with Crippen molar-refractivity contribution < 1.29 is 0 Å². The van der Waals surface area contributed by atoms with Crippen molar-refractivity contribution in [2.24, 2.45) is 11.3 Å². The summed E-state index contributed by atoms with van der Waals surface area (Å²) in [4.78, 5) is 2.63. The minimum Gasteiger partial charge on any atom is -0.312 e. The second-order valence-corrected chi connectivity index (χ2v) is 4.77. The van der Waals surface area contributed by atoms with Gasteiger partial charge in [0.05, 0.1) is 0 Å². The summed E-state index contributed by atoms with van der Waals surface area (Å²) < 4.78 is 0. The van der Waals surface area contributed by atoms with Gasteiger partial charge in [0.15, 0.2) is 0 Å². The zero-order valence-electron chi connectivity index (χ0n) is 7.14. The summed E-state index contributed by atoms with van der Waals surface area (Å²) in [5, 5.41) is 3.65. The van der Waals surface area contributed by atoms with Crippen LogP contribution in [0.4, 0.5) is 0 Å². The number of hydrogen-bond acceptors (Lipinski definition) is 2. The summed E-state index contributed by atoms with van der Waals surface area (Å²) in [6, 6.07) is 0.836. The molecule has 0 radical (unpaired) electrons. The highest BCUT2D eigenvalue weighted by molar-refractivity contribution is 5.08. The molecule has 11 heavy (non-hydrogen) atoms. The van der Waals surface area contributed by atoms with E-state index in [1.165, 1.54) is 32.6 Å². The summed E-state index contributed by atoms with van der Waals surface area (Å²) in [5.41, 5.74) is 0.626. The van der Waals surface area contributed by atoms with Gasteiger partial charge in [-0.3, -0.25) is 0 Å². The van der Waals surface area contributed by atoms with Crippen molar-refractivity contribution in [1.29, 1.82) is 0 Å². The zero-order chi connectivity index (χ0) is 7.47. The molecular formula is C9H16N2. The smallest absolute Gasteiger partial charge is 0.0230 e. The van der Waals surface area contributed by atoms with Crippen molar-refractivity contribution in [3.8, 4) is 0 Å². The van der Waals surface area contributed by atoms with E-state index in [9.17, 15) is 0 Å². The quantitative estimate of drug-likeness (QED) is 0.537. The standard InChI is InChI=1S/C9H16N2/c1-9-5-10-8-4-11(6-9)3-2-7(8)9/h7-8,10H,2-6H2,1H3. The molecule has 4 aliphatic rings. The first-order valence-corrected chi connectivity index (χ1v) is 4.74. The molecule has 4 saturated heterocycles. The Morgan fingerprint density at radius 1 is 1.55 bits per heavy atom. The molecule has 0 aromatic heterocycles. The fraction of sp³-hybridized carbons (Fsp3) is 1.00. The summed E-state index contributed by atoms with van der Waals surface area (Å²) in [6.07, 6.45) is 1.44. The molecule has 0 aliphatic carbocycles. The van der Waals surface area contributed by atoms with Gasteiger partial charge in [-0.1, -0.05) is 6.92 Å². The lowest BCUT2D eigenvalue weighted by Crippen LogP contribution is -2.56. The molecule has 2 nitrogen and oxygen atoms in total. The van der Waals surface area contributed by atoms with Crippen LogP contribution in [0.25, 0.3) is 0 Å². The molecular weight excluding hydrogens is 136 g/mol. The number of fused-ring (bicyclic) bond motifs is 1. The van der Waals surface area contributed by atoms with Crippen molar-refractivity contribution in [2.75, 3.05) is 26.2 Å². The Morgan fingerprint density at radius 2 is 2.45 bits per heavy atom. The van der Waals surface area contributed by atoms with E-state index in [0.29, 0.717) is 5.41 Å². The first-order valence-electron chi connectivity index (χ1n) is 4.74. The van der Waals surface area contributed by atoms with Crippen LogP contribution in [0, 0.1) is 11.3 Å². The fourth-order valence-corrected chi connectivity index (χ4v) is 3.38. The first-order chi connectivity index (χ1) is 5.28. The molecule has 62 valence electrons. The van der Waals surface area contributed by atoms with Crippen LogP contribution >= 0.6 is 0 Å². The Labute approximate surface area is 68.0 Å². The normalized spacial score (nSPS) is 60.3. The van der Waals surface area contributed by atoms with Crippen LogP contribution in [0.2, 0.25) is 0 Å². The molecule has 0 spiro atoms. The van der Waals surface area contributed by atoms with E-state index in [0.717, 1.165) is 12.0 Å². The monoisotopic (exact) mass is 152 g/mol. The van der Waals surface area contributed by atoms with Gasteiger partial charge in [-0.25, -0.2) is 0 Å². The van der Waals surface area contributed by atoms with E-state index in [1.54, 1.807) is 0 Å². The predicted molar refractivity (Wildman–Crippen MR) is 44.4 cm³/mol. The van der Waals surface area contributed by atoms with Crippen LogP contribution in [0.1, 0.15) is 13.3 Å². The molecule has 4 unspecified atom stereocenters. The van der Waals surface area contributed by atoms with Crippen LogP contribution in [0.15, 0.2) is 0 Å². The van der Waals surface area contributed by atoms with E-state index in [1.807, 2.05) is 0 Å². The van der Waals surface area contributed by atoms with Gasteiger partial charge in [-0.2, -0.15) is 0 Å². The summed E-state index contributed by atoms with van der Waals surface area (Å²) >= 11 is 0. The van der Waals surface area contributed by atoms with Crippen LogP contribution < -0.4 is 5.32 Å². The third-order valence-electron chi connectivity index (χ3n) is 3.94. The lowest BCUT2D eigenvalue weighted by atomic mass is 9.69. The van der Waals surface area contributed by atoms with Crippen LogP contribution in [-0.2, 0) is 0 Å². The van der Waals surface area contributed by atoms with Crippen molar-refractivity contribution in [2.45, 2.75) is 19.4 Å². The second kappa shape index (κ2) is 1.80. The number of rotatable bonds is 0. The van der Waals surface area contributed by atoms with Crippen molar-refractivity contribution in [3.05, 3.63) is 0 Å². The van der Waals surface area contributed by atoms with Gasteiger partial charge in [-0.05, 0) is 24.3 Å². The van der Waals surface area contributed by atoms with Crippen molar-refractivity contribution in [3.63, 3.8) is 0 Å². The SMILES string of the molecule is CC12CNC3CN(CCC31)C2. The number of piperidine rings is 3. The Balaban J connectivity index is 2.00. The van der Waals surface area contributed by atoms with Gasteiger partial charge in [0.25, 0.3) is 0 Å². The van der Waals surface area contributed by atoms with Crippen molar-refractivity contribution >= 4 is 0 Å². The van der Waals surface area contributed by atoms with Gasteiger partial charge in [-0.15, -0.1) is 0 Å².